The molecule has 20 heavy (non-hydrogen) atoms. The molecule has 2 N–H and O–H groups in total. The molecular weight excluding hydrogens is 252 g/mol. The Morgan fingerprint density at radius 3 is 2.40 bits per heavy atom. The van der Waals surface area contributed by atoms with Crippen LogP contribution in [0.15, 0.2) is 40.8 Å². The van der Waals surface area contributed by atoms with Gasteiger partial charge in [0, 0.05) is 24.3 Å². The smallest absolute Gasteiger partial charge is 0.289 e. The molecule has 2 aromatic rings. The normalized spacial score (nSPS) is 15.3. The van der Waals surface area contributed by atoms with Gasteiger partial charge in [-0.3, -0.25) is 4.79 Å². The Morgan fingerprint density at radius 2 is 1.70 bits per heavy atom. The lowest BCUT2D eigenvalue weighted by molar-refractivity contribution is 0.0693. The number of carbonyl (C=O) groups excluding carboxylic acids is 1. The second-order valence-corrected chi connectivity index (χ2v) is 5.14. The Bertz CT molecular complexity index is 595. The van der Waals surface area contributed by atoms with Gasteiger partial charge in [-0.25, -0.2) is 0 Å². The largest absolute Gasteiger partial charge is 0.451 e. The topological polar surface area (TPSA) is 59.5 Å². The zero-order valence-corrected chi connectivity index (χ0v) is 11.3. The van der Waals surface area contributed by atoms with Crippen LogP contribution >= 0.6 is 0 Å². The van der Waals surface area contributed by atoms with Crippen LogP contribution in [0.25, 0.3) is 11.3 Å². The lowest BCUT2D eigenvalue weighted by Crippen LogP contribution is -2.35. The van der Waals surface area contributed by atoms with E-state index in [2.05, 4.69) is 0 Å². The number of likely N-dealkylation sites (tertiary alicyclic amines) is 1. The van der Waals surface area contributed by atoms with E-state index in [1.54, 1.807) is 6.07 Å². The Morgan fingerprint density at radius 1 is 1.00 bits per heavy atom. The van der Waals surface area contributed by atoms with Crippen LogP contribution in [0.2, 0.25) is 0 Å². The van der Waals surface area contributed by atoms with Gasteiger partial charge in [0.15, 0.2) is 5.76 Å². The van der Waals surface area contributed by atoms with Crippen LogP contribution in [0, 0.1) is 0 Å². The van der Waals surface area contributed by atoms with Crippen LogP contribution in [0.1, 0.15) is 29.8 Å². The van der Waals surface area contributed by atoms with E-state index < -0.39 is 0 Å². The highest BCUT2D eigenvalue weighted by atomic mass is 16.4. The minimum atomic E-state index is -0.00797. The summed E-state index contributed by atoms with van der Waals surface area (Å²) in [5.74, 6) is 1.11. The quantitative estimate of drug-likeness (QED) is 0.853. The van der Waals surface area contributed by atoms with E-state index in [1.807, 2.05) is 35.2 Å². The van der Waals surface area contributed by atoms with E-state index in [-0.39, 0.29) is 5.91 Å². The maximum absolute atomic E-state index is 12.3. The zero-order chi connectivity index (χ0) is 13.9. The summed E-state index contributed by atoms with van der Waals surface area (Å²) < 4.78 is 5.69. The van der Waals surface area contributed by atoms with Crippen molar-refractivity contribution >= 4 is 11.6 Å². The monoisotopic (exact) mass is 270 g/mol. The summed E-state index contributed by atoms with van der Waals surface area (Å²) in [5.41, 5.74) is 7.30. The molecule has 0 unspecified atom stereocenters. The fourth-order valence-corrected chi connectivity index (χ4v) is 2.51. The van der Waals surface area contributed by atoms with Gasteiger partial charge in [0.25, 0.3) is 5.91 Å². The molecule has 4 nitrogen and oxygen atoms in total. The van der Waals surface area contributed by atoms with Crippen molar-refractivity contribution in [2.75, 3.05) is 18.8 Å². The van der Waals surface area contributed by atoms with Crippen molar-refractivity contribution < 1.29 is 9.21 Å². The van der Waals surface area contributed by atoms with Crippen LogP contribution < -0.4 is 5.73 Å². The van der Waals surface area contributed by atoms with Crippen molar-refractivity contribution in [2.24, 2.45) is 0 Å². The maximum atomic E-state index is 12.3. The van der Waals surface area contributed by atoms with Gasteiger partial charge >= 0.3 is 0 Å². The number of nitrogens with two attached hydrogens (primary N) is 1. The number of nitrogen functional groups attached to an aromatic ring is 1. The van der Waals surface area contributed by atoms with Crippen molar-refractivity contribution in [1.29, 1.82) is 0 Å². The van der Waals surface area contributed by atoms with Crippen molar-refractivity contribution in [3.05, 3.63) is 42.2 Å². The standard InChI is InChI=1S/C16H18N2O2/c17-13-6-4-12(5-7-13)14-8-9-15(20-14)16(19)18-10-2-1-3-11-18/h4-9H,1-3,10-11,17H2. The van der Waals surface area contributed by atoms with Gasteiger partial charge in [0.1, 0.15) is 5.76 Å². The fourth-order valence-electron chi connectivity index (χ4n) is 2.51. The summed E-state index contributed by atoms with van der Waals surface area (Å²) in [6, 6.07) is 11.0. The molecule has 0 atom stereocenters. The molecule has 0 spiro atoms. The van der Waals surface area contributed by atoms with Crippen LogP contribution in [-0.4, -0.2) is 23.9 Å². The van der Waals surface area contributed by atoms with Gasteiger partial charge in [0.05, 0.1) is 0 Å². The van der Waals surface area contributed by atoms with Gasteiger partial charge in [-0.1, -0.05) is 0 Å². The minimum Gasteiger partial charge on any atom is -0.451 e. The summed E-state index contributed by atoms with van der Waals surface area (Å²) in [6.07, 6.45) is 3.37. The van der Waals surface area contributed by atoms with Crippen molar-refractivity contribution in [2.45, 2.75) is 19.3 Å². The summed E-state index contributed by atoms with van der Waals surface area (Å²) >= 11 is 0. The van der Waals surface area contributed by atoms with Crippen LogP contribution in [0.4, 0.5) is 5.69 Å². The molecule has 104 valence electrons. The fraction of sp³-hybridized carbons (Fsp3) is 0.312. The van der Waals surface area contributed by atoms with E-state index in [9.17, 15) is 4.79 Å². The maximum Gasteiger partial charge on any atom is 0.289 e. The van der Waals surface area contributed by atoms with Crippen LogP contribution in [0.5, 0.6) is 0 Å². The molecule has 4 heteroatoms. The SMILES string of the molecule is Nc1ccc(-c2ccc(C(=O)N3CCCCC3)o2)cc1. The highest BCUT2D eigenvalue weighted by Gasteiger charge is 2.21. The zero-order valence-electron chi connectivity index (χ0n) is 11.3. The molecule has 1 fully saturated rings. The number of nitrogens with zero attached hydrogens (tertiary/aromatic N) is 1. The lowest BCUT2D eigenvalue weighted by atomic mass is 10.1. The second kappa shape index (κ2) is 5.41. The third-order valence-corrected chi connectivity index (χ3v) is 3.66. The van der Waals surface area contributed by atoms with Gasteiger partial charge in [0.2, 0.25) is 0 Å². The Kier molecular flexibility index (Phi) is 3.46. The van der Waals surface area contributed by atoms with Gasteiger partial charge < -0.3 is 15.1 Å². The predicted molar refractivity (Wildman–Crippen MR) is 78.3 cm³/mol. The summed E-state index contributed by atoms with van der Waals surface area (Å²) in [7, 11) is 0. The highest BCUT2D eigenvalue weighted by Crippen LogP contribution is 2.24. The number of carbonyl (C=O) groups is 1. The average Bonchev–Trinajstić information content (AvgIpc) is 2.98. The molecule has 0 radical (unpaired) electrons. The van der Waals surface area contributed by atoms with E-state index in [4.69, 9.17) is 10.2 Å². The molecule has 0 saturated carbocycles. The number of amides is 1. The third-order valence-electron chi connectivity index (χ3n) is 3.66. The second-order valence-electron chi connectivity index (χ2n) is 5.14. The first-order valence-corrected chi connectivity index (χ1v) is 6.99. The van der Waals surface area contributed by atoms with Crippen molar-refractivity contribution in [1.82, 2.24) is 4.90 Å². The highest BCUT2D eigenvalue weighted by molar-refractivity contribution is 5.92. The number of anilines is 1. The molecule has 1 saturated heterocycles. The van der Waals surface area contributed by atoms with Gasteiger partial charge in [-0.15, -0.1) is 0 Å². The Labute approximate surface area is 118 Å². The third kappa shape index (κ3) is 2.54. The molecule has 1 aliphatic heterocycles. The molecule has 0 aliphatic carbocycles. The summed E-state index contributed by atoms with van der Waals surface area (Å²) in [4.78, 5) is 14.2. The van der Waals surface area contributed by atoms with Crippen LogP contribution in [0.3, 0.4) is 0 Å². The molecule has 3 rings (SSSR count). The molecule has 1 aromatic heterocycles. The molecule has 1 aliphatic rings. The van der Waals surface area contributed by atoms with Gasteiger partial charge in [-0.05, 0) is 55.7 Å². The Hall–Kier alpha value is -2.23. The van der Waals surface area contributed by atoms with E-state index in [0.29, 0.717) is 17.2 Å². The van der Waals surface area contributed by atoms with Crippen molar-refractivity contribution in [3.63, 3.8) is 0 Å². The predicted octanol–water partition coefficient (Wildman–Crippen LogP) is 3.15. The molecular formula is C16H18N2O2. The number of piperidine rings is 1. The van der Waals surface area contributed by atoms with E-state index in [1.165, 1.54) is 6.42 Å². The summed E-state index contributed by atoms with van der Waals surface area (Å²) in [6.45, 7) is 1.66. The first-order valence-electron chi connectivity index (χ1n) is 6.99. The van der Waals surface area contributed by atoms with Gasteiger partial charge in [-0.2, -0.15) is 0 Å². The Balaban J connectivity index is 1.79. The number of rotatable bonds is 2. The first-order chi connectivity index (χ1) is 9.74. The number of hydrogen-bond acceptors (Lipinski definition) is 3. The lowest BCUT2D eigenvalue weighted by Gasteiger charge is -2.25. The summed E-state index contributed by atoms with van der Waals surface area (Å²) in [5, 5.41) is 0. The number of benzene rings is 1. The molecule has 0 bridgehead atoms. The van der Waals surface area contributed by atoms with Crippen molar-refractivity contribution in [3.8, 4) is 11.3 Å². The minimum absolute atomic E-state index is 0.00797. The number of hydrogen-bond donors (Lipinski definition) is 1. The molecule has 2 heterocycles. The van der Waals surface area contributed by atoms with E-state index >= 15 is 0 Å². The average molecular weight is 270 g/mol. The first kappa shape index (κ1) is 12.8. The molecule has 1 aromatic carbocycles. The van der Waals surface area contributed by atoms with E-state index in [0.717, 1.165) is 31.5 Å². The molecule has 1 amide bonds. The van der Waals surface area contributed by atoms with Crippen LogP contribution in [-0.2, 0) is 0 Å². The number of furan rings is 1.